The van der Waals surface area contributed by atoms with Crippen molar-refractivity contribution in [2.45, 2.75) is 31.2 Å². The van der Waals surface area contributed by atoms with Gasteiger partial charge in [0.2, 0.25) is 5.91 Å². The maximum absolute atomic E-state index is 12.9. The van der Waals surface area contributed by atoms with E-state index in [4.69, 9.17) is 9.47 Å². The lowest BCUT2D eigenvalue weighted by Crippen LogP contribution is -2.49. The minimum absolute atomic E-state index is 0.0778. The van der Waals surface area contributed by atoms with Gasteiger partial charge in [0.15, 0.2) is 0 Å². The van der Waals surface area contributed by atoms with Crippen LogP contribution in [0.4, 0.5) is 0 Å². The highest BCUT2D eigenvalue weighted by atomic mass is 16.5. The number of carbonyl (C=O) groups excluding carboxylic acids is 1. The monoisotopic (exact) mass is 325 g/mol. The first-order valence-electron chi connectivity index (χ1n) is 8.24. The van der Waals surface area contributed by atoms with Crippen LogP contribution in [0, 0.1) is 0 Å². The molecule has 0 aliphatic heterocycles. The first kappa shape index (κ1) is 16.4. The molecule has 126 valence electrons. The zero-order valence-corrected chi connectivity index (χ0v) is 14.2. The summed E-state index contributed by atoms with van der Waals surface area (Å²) >= 11 is 0. The van der Waals surface area contributed by atoms with E-state index in [0.717, 1.165) is 41.9 Å². The van der Waals surface area contributed by atoms with Gasteiger partial charge >= 0.3 is 0 Å². The van der Waals surface area contributed by atoms with Crippen LogP contribution in [0.15, 0.2) is 48.5 Å². The number of rotatable bonds is 6. The minimum Gasteiger partial charge on any atom is -0.497 e. The average Bonchev–Trinajstić information content (AvgIpc) is 2.60. The largest absolute Gasteiger partial charge is 0.497 e. The summed E-state index contributed by atoms with van der Waals surface area (Å²) < 4.78 is 10.6. The van der Waals surface area contributed by atoms with Crippen molar-refractivity contribution in [3.8, 4) is 11.5 Å². The van der Waals surface area contributed by atoms with Gasteiger partial charge in [-0.05, 0) is 36.6 Å². The molecule has 0 atom stereocenters. The topological polar surface area (TPSA) is 47.6 Å². The zero-order chi connectivity index (χ0) is 17.0. The standard InChI is InChI=1S/C20H23NO3/c1-23-16-10-8-15(9-11-16)14-21-19(22)20(12-5-13-20)17-6-3-4-7-18(17)24-2/h3-4,6-11H,5,12-14H2,1-2H3,(H,21,22). The first-order valence-corrected chi connectivity index (χ1v) is 8.24. The molecule has 2 aromatic rings. The molecule has 2 aromatic carbocycles. The second kappa shape index (κ2) is 6.95. The maximum Gasteiger partial charge on any atom is 0.231 e. The molecule has 0 bridgehead atoms. The van der Waals surface area contributed by atoms with E-state index in [-0.39, 0.29) is 5.91 Å². The summed E-state index contributed by atoms with van der Waals surface area (Å²) in [4.78, 5) is 12.9. The molecule has 1 amide bonds. The number of benzene rings is 2. The molecule has 1 N–H and O–H groups in total. The fourth-order valence-electron chi connectivity index (χ4n) is 3.28. The number of para-hydroxylation sites is 1. The number of hydrogen-bond acceptors (Lipinski definition) is 3. The molecule has 4 heteroatoms. The quantitative estimate of drug-likeness (QED) is 0.885. The molecule has 0 spiro atoms. The Hall–Kier alpha value is -2.49. The lowest BCUT2D eigenvalue weighted by molar-refractivity contribution is -0.130. The Morgan fingerprint density at radius 2 is 1.75 bits per heavy atom. The average molecular weight is 325 g/mol. The van der Waals surface area contributed by atoms with Crippen LogP contribution >= 0.6 is 0 Å². The molecule has 4 nitrogen and oxygen atoms in total. The van der Waals surface area contributed by atoms with E-state index >= 15 is 0 Å². The van der Waals surface area contributed by atoms with E-state index in [0.29, 0.717) is 6.54 Å². The third kappa shape index (κ3) is 2.96. The fourth-order valence-corrected chi connectivity index (χ4v) is 3.28. The van der Waals surface area contributed by atoms with Gasteiger partial charge in [-0.3, -0.25) is 4.79 Å². The van der Waals surface area contributed by atoms with Gasteiger partial charge in [0, 0.05) is 12.1 Å². The van der Waals surface area contributed by atoms with Crippen LogP contribution in [0.25, 0.3) is 0 Å². The summed E-state index contributed by atoms with van der Waals surface area (Å²) in [5.41, 5.74) is 1.59. The Kier molecular flexibility index (Phi) is 4.74. The highest BCUT2D eigenvalue weighted by Gasteiger charge is 2.47. The molecule has 0 heterocycles. The van der Waals surface area contributed by atoms with Crippen molar-refractivity contribution < 1.29 is 14.3 Å². The molecule has 0 unspecified atom stereocenters. The van der Waals surface area contributed by atoms with Gasteiger partial charge in [-0.25, -0.2) is 0 Å². The van der Waals surface area contributed by atoms with Crippen molar-refractivity contribution in [3.05, 3.63) is 59.7 Å². The third-order valence-electron chi connectivity index (χ3n) is 4.88. The number of carbonyl (C=O) groups is 1. The van der Waals surface area contributed by atoms with Crippen molar-refractivity contribution in [2.24, 2.45) is 0 Å². The first-order chi connectivity index (χ1) is 11.7. The maximum atomic E-state index is 12.9. The van der Waals surface area contributed by atoms with Crippen LogP contribution in [0.2, 0.25) is 0 Å². The zero-order valence-electron chi connectivity index (χ0n) is 14.2. The van der Waals surface area contributed by atoms with Crippen LogP contribution in [0.3, 0.4) is 0 Å². The minimum atomic E-state index is -0.459. The molecule has 1 saturated carbocycles. The van der Waals surface area contributed by atoms with E-state index < -0.39 is 5.41 Å². The van der Waals surface area contributed by atoms with Crippen LogP contribution in [-0.4, -0.2) is 20.1 Å². The predicted molar refractivity (Wildman–Crippen MR) is 93.4 cm³/mol. The lowest BCUT2D eigenvalue weighted by atomic mass is 9.63. The van der Waals surface area contributed by atoms with E-state index in [1.165, 1.54) is 0 Å². The van der Waals surface area contributed by atoms with Gasteiger partial charge in [-0.1, -0.05) is 36.8 Å². The molecule has 24 heavy (non-hydrogen) atoms. The number of ether oxygens (including phenoxy) is 2. The SMILES string of the molecule is COc1ccc(CNC(=O)C2(c3ccccc3OC)CCC2)cc1. The summed E-state index contributed by atoms with van der Waals surface area (Å²) in [5.74, 6) is 1.68. The number of amides is 1. The van der Waals surface area contributed by atoms with Gasteiger partial charge in [0.25, 0.3) is 0 Å². The number of methoxy groups -OCH3 is 2. The molecule has 0 aromatic heterocycles. The van der Waals surface area contributed by atoms with Crippen LogP contribution < -0.4 is 14.8 Å². The normalized spacial score (nSPS) is 15.2. The molecular weight excluding hydrogens is 302 g/mol. The van der Waals surface area contributed by atoms with Crippen molar-refractivity contribution in [2.75, 3.05) is 14.2 Å². The third-order valence-corrected chi connectivity index (χ3v) is 4.88. The van der Waals surface area contributed by atoms with Crippen molar-refractivity contribution in [1.29, 1.82) is 0 Å². The Bertz CT molecular complexity index is 705. The summed E-state index contributed by atoms with van der Waals surface area (Å²) in [5, 5.41) is 3.09. The van der Waals surface area contributed by atoms with Gasteiger partial charge in [-0.15, -0.1) is 0 Å². The molecular formula is C20H23NO3. The fraction of sp³-hybridized carbons (Fsp3) is 0.350. The van der Waals surface area contributed by atoms with Gasteiger partial charge < -0.3 is 14.8 Å². The van der Waals surface area contributed by atoms with Gasteiger partial charge in [0.1, 0.15) is 11.5 Å². The smallest absolute Gasteiger partial charge is 0.231 e. The Labute approximate surface area is 142 Å². The van der Waals surface area contributed by atoms with Crippen LogP contribution in [-0.2, 0) is 16.8 Å². The number of hydrogen-bond donors (Lipinski definition) is 1. The highest BCUT2D eigenvalue weighted by molar-refractivity contribution is 5.90. The summed E-state index contributed by atoms with van der Waals surface area (Å²) in [7, 11) is 3.30. The molecule has 0 radical (unpaired) electrons. The molecule has 1 aliphatic carbocycles. The van der Waals surface area contributed by atoms with Crippen molar-refractivity contribution in [3.63, 3.8) is 0 Å². The van der Waals surface area contributed by atoms with E-state index in [1.54, 1.807) is 14.2 Å². The molecule has 1 fully saturated rings. The van der Waals surface area contributed by atoms with Gasteiger partial charge in [-0.2, -0.15) is 0 Å². The second-order valence-corrected chi connectivity index (χ2v) is 6.17. The summed E-state index contributed by atoms with van der Waals surface area (Å²) in [6, 6.07) is 15.6. The van der Waals surface area contributed by atoms with Crippen molar-refractivity contribution >= 4 is 5.91 Å². The van der Waals surface area contributed by atoms with Crippen LogP contribution in [0.1, 0.15) is 30.4 Å². The van der Waals surface area contributed by atoms with E-state index in [9.17, 15) is 4.79 Å². The number of nitrogens with one attached hydrogen (secondary N) is 1. The molecule has 0 saturated heterocycles. The van der Waals surface area contributed by atoms with Gasteiger partial charge in [0.05, 0.1) is 19.6 Å². The van der Waals surface area contributed by atoms with E-state index in [1.807, 2.05) is 48.5 Å². The highest BCUT2D eigenvalue weighted by Crippen LogP contribution is 2.47. The second-order valence-electron chi connectivity index (χ2n) is 6.17. The van der Waals surface area contributed by atoms with Crippen molar-refractivity contribution in [1.82, 2.24) is 5.32 Å². The Morgan fingerprint density at radius 3 is 2.33 bits per heavy atom. The summed E-state index contributed by atoms with van der Waals surface area (Å²) in [6.07, 6.45) is 2.79. The lowest BCUT2D eigenvalue weighted by Gasteiger charge is -2.41. The summed E-state index contributed by atoms with van der Waals surface area (Å²) in [6.45, 7) is 0.514. The Morgan fingerprint density at radius 1 is 1.04 bits per heavy atom. The Balaban J connectivity index is 1.74. The van der Waals surface area contributed by atoms with Crippen LogP contribution in [0.5, 0.6) is 11.5 Å². The predicted octanol–water partition coefficient (Wildman–Crippen LogP) is 3.44. The van der Waals surface area contributed by atoms with E-state index in [2.05, 4.69) is 5.32 Å². The molecule has 3 rings (SSSR count). The molecule has 1 aliphatic rings.